The molecule has 0 saturated carbocycles. The van der Waals surface area contributed by atoms with Gasteiger partial charge in [0.25, 0.3) is 10.0 Å². The van der Waals surface area contributed by atoms with Gasteiger partial charge in [0.15, 0.2) is 5.03 Å². The molecule has 0 aliphatic rings. The Kier molecular flexibility index (Phi) is 3.17. The summed E-state index contributed by atoms with van der Waals surface area (Å²) in [6.45, 7) is 4.73. The number of aromatic nitrogens is 2. The van der Waals surface area contributed by atoms with Gasteiger partial charge in [-0.1, -0.05) is 0 Å². The van der Waals surface area contributed by atoms with Crippen LogP contribution in [0.2, 0.25) is 0 Å². The Morgan fingerprint density at radius 2 is 2.20 bits per heavy atom. The van der Waals surface area contributed by atoms with Gasteiger partial charge in [0.1, 0.15) is 0 Å². The zero-order valence-corrected chi connectivity index (χ0v) is 9.67. The van der Waals surface area contributed by atoms with E-state index in [0.29, 0.717) is 0 Å². The fourth-order valence-corrected chi connectivity index (χ4v) is 2.27. The lowest BCUT2D eigenvalue weighted by Crippen LogP contribution is -2.50. The fraction of sp³-hybridized carbons (Fsp3) is 0.625. The number of aliphatic hydroxyl groups excluding tert-OH is 1. The maximum atomic E-state index is 11.7. The normalized spacial score (nSPS) is 15.2. The van der Waals surface area contributed by atoms with Crippen molar-refractivity contribution in [1.29, 1.82) is 0 Å². The summed E-state index contributed by atoms with van der Waals surface area (Å²) < 4.78 is 25.8. The van der Waals surface area contributed by atoms with Gasteiger partial charge in [0.2, 0.25) is 0 Å². The van der Waals surface area contributed by atoms with Crippen LogP contribution in [0.25, 0.3) is 0 Å². The molecule has 1 unspecified atom stereocenters. The second-order valence-corrected chi connectivity index (χ2v) is 5.57. The second kappa shape index (κ2) is 3.92. The van der Waals surface area contributed by atoms with E-state index in [4.69, 9.17) is 0 Å². The summed E-state index contributed by atoms with van der Waals surface area (Å²) in [5, 5.41) is 15.3. The highest BCUT2D eigenvalue weighted by molar-refractivity contribution is 7.89. The third-order valence-electron chi connectivity index (χ3n) is 2.21. The molecule has 0 aromatic carbocycles. The van der Waals surface area contributed by atoms with Crippen molar-refractivity contribution < 1.29 is 13.5 Å². The molecule has 0 spiro atoms. The molecular weight excluding hydrogens is 218 g/mol. The van der Waals surface area contributed by atoms with Crippen LogP contribution in [0.15, 0.2) is 17.3 Å². The minimum atomic E-state index is -3.65. The van der Waals surface area contributed by atoms with Crippen LogP contribution in [0, 0.1) is 0 Å². The minimum absolute atomic E-state index is 0.0174. The Balaban J connectivity index is 2.92. The lowest BCUT2D eigenvalue weighted by atomic mass is 10.0. The Hall–Kier alpha value is -0.920. The van der Waals surface area contributed by atoms with E-state index in [-0.39, 0.29) is 5.03 Å². The molecule has 0 aliphatic heterocycles. The summed E-state index contributed by atoms with van der Waals surface area (Å²) in [4.78, 5) is 0. The number of H-pyrrole nitrogens is 1. The van der Waals surface area contributed by atoms with E-state index in [1.54, 1.807) is 13.8 Å². The molecule has 0 fully saturated rings. The summed E-state index contributed by atoms with van der Waals surface area (Å²) in [7, 11) is -3.65. The average molecular weight is 233 g/mol. The number of sulfonamides is 1. The first-order valence-electron chi connectivity index (χ1n) is 4.47. The van der Waals surface area contributed by atoms with E-state index in [0.717, 1.165) is 0 Å². The number of aromatic amines is 1. The molecule has 1 aromatic rings. The van der Waals surface area contributed by atoms with E-state index in [1.807, 2.05) is 0 Å². The monoisotopic (exact) mass is 233 g/mol. The van der Waals surface area contributed by atoms with E-state index in [2.05, 4.69) is 14.9 Å². The molecule has 1 atom stereocenters. The third kappa shape index (κ3) is 2.77. The molecule has 1 aromatic heterocycles. The number of nitrogens with zero attached hydrogens (tertiary/aromatic N) is 1. The lowest BCUT2D eigenvalue weighted by molar-refractivity contribution is 0.111. The molecular formula is C8H15N3O3S. The standard InChI is InChI=1S/C8H15N3O3S/c1-6(12)8(2,3)11-15(13,14)7-4-5-9-10-7/h4-6,11-12H,1-3H3,(H,9,10). The number of hydrogen-bond acceptors (Lipinski definition) is 4. The summed E-state index contributed by atoms with van der Waals surface area (Å²) in [6, 6.07) is 1.35. The number of rotatable bonds is 4. The number of nitrogens with one attached hydrogen (secondary N) is 2. The van der Waals surface area contributed by atoms with Crippen LogP contribution < -0.4 is 4.72 Å². The molecule has 15 heavy (non-hydrogen) atoms. The topological polar surface area (TPSA) is 95.1 Å². The van der Waals surface area contributed by atoms with Crippen molar-refractivity contribution in [3.63, 3.8) is 0 Å². The van der Waals surface area contributed by atoms with Crippen molar-refractivity contribution in [1.82, 2.24) is 14.9 Å². The smallest absolute Gasteiger partial charge is 0.258 e. The molecule has 3 N–H and O–H groups in total. The van der Waals surface area contributed by atoms with E-state index < -0.39 is 21.7 Å². The van der Waals surface area contributed by atoms with Crippen LogP contribution in [0.1, 0.15) is 20.8 Å². The van der Waals surface area contributed by atoms with Gasteiger partial charge >= 0.3 is 0 Å². The van der Waals surface area contributed by atoms with Crippen LogP contribution in [-0.4, -0.2) is 35.4 Å². The van der Waals surface area contributed by atoms with Gasteiger partial charge in [-0.15, -0.1) is 0 Å². The maximum absolute atomic E-state index is 11.7. The molecule has 1 rings (SSSR count). The van der Waals surface area contributed by atoms with Gasteiger partial charge in [-0.05, 0) is 26.8 Å². The molecule has 0 bridgehead atoms. The molecule has 6 nitrogen and oxygen atoms in total. The highest BCUT2D eigenvalue weighted by atomic mass is 32.2. The summed E-state index contributed by atoms with van der Waals surface area (Å²) in [5.74, 6) is 0. The van der Waals surface area contributed by atoms with Gasteiger partial charge in [-0.25, -0.2) is 13.1 Å². The number of hydrogen-bond donors (Lipinski definition) is 3. The van der Waals surface area contributed by atoms with Crippen LogP contribution >= 0.6 is 0 Å². The van der Waals surface area contributed by atoms with Gasteiger partial charge in [-0.2, -0.15) is 5.10 Å². The van der Waals surface area contributed by atoms with E-state index in [1.165, 1.54) is 19.2 Å². The Bertz CT molecular complexity index is 408. The lowest BCUT2D eigenvalue weighted by Gasteiger charge is -2.28. The van der Waals surface area contributed by atoms with Crippen LogP contribution in [0.5, 0.6) is 0 Å². The highest BCUT2D eigenvalue weighted by Gasteiger charge is 2.30. The average Bonchev–Trinajstić information content (AvgIpc) is 2.53. The Morgan fingerprint density at radius 1 is 1.60 bits per heavy atom. The van der Waals surface area contributed by atoms with Crippen molar-refractivity contribution in [2.75, 3.05) is 0 Å². The SMILES string of the molecule is CC(O)C(C)(C)NS(=O)(=O)c1ccn[nH]1. The quantitative estimate of drug-likeness (QED) is 0.674. The highest BCUT2D eigenvalue weighted by Crippen LogP contribution is 2.13. The van der Waals surface area contributed by atoms with Crippen LogP contribution in [0.3, 0.4) is 0 Å². The summed E-state index contributed by atoms with van der Waals surface area (Å²) >= 11 is 0. The van der Waals surface area contributed by atoms with Crippen LogP contribution in [0.4, 0.5) is 0 Å². The number of aliphatic hydroxyl groups is 1. The van der Waals surface area contributed by atoms with E-state index in [9.17, 15) is 13.5 Å². The molecule has 1 heterocycles. The molecule has 86 valence electrons. The fourth-order valence-electron chi connectivity index (χ4n) is 0.879. The zero-order valence-electron chi connectivity index (χ0n) is 8.85. The first-order valence-corrected chi connectivity index (χ1v) is 5.95. The molecule has 0 radical (unpaired) electrons. The largest absolute Gasteiger partial charge is 0.391 e. The first kappa shape index (κ1) is 12.2. The second-order valence-electron chi connectivity index (χ2n) is 3.92. The van der Waals surface area contributed by atoms with Crippen molar-refractivity contribution in [2.45, 2.75) is 37.4 Å². The maximum Gasteiger partial charge on any atom is 0.258 e. The summed E-state index contributed by atoms with van der Waals surface area (Å²) in [5.41, 5.74) is -0.927. The minimum Gasteiger partial charge on any atom is -0.391 e. The molecule has 0 saturated heterocycles. The van der Waals surface area contributed by atoms with E-state index >= 15 is 0 Å². The Morgan fingerprint density at radius 3 is 2.60 bits per heavy atom. The van der Waals surface area contributed by atoms with Crippen LogP contribution in [-0.2, 0) is 10.0 Å². The van der Waals surface area contributed by atoms with Gasteiger partial charge in [-0.3, -0.25) is 5.10 Å². The first-order chi connectivity index (χ1) is 6.76. The van der Waals surface area contributed by atoms with Crippen molar-refractivity contribution in [3.8, 4) is 0 Å². The van der Waals surface area contributed by atoms with Crippen molar-refractivity contribution >= 4 is 10.0 Å². The zero-order chi connectivity index (χ0) is 11.7. The van der Waals surface area contributed by atoms with Gasteiger partial charge < -0.3 is 5.11 Å². The third-order valence-corrected chi connectivity index (χ3v) is 3.81. The van der Waals surface area contributed by atoms with Gasteiger partial charge in [0.05, 0.1) is 17.8 Å². The van der Waals surface area contributed by atoms with Crippen molar-refractivity contribution in [3.05, 3.63) is 12.3 Å². The predicted molar refractivity (Wildman–Crippen MR) is 54.7 cm³/mol. The summed E-state index contributed by atoms with van der Waals surface area (Å²) in [6.07, 6.45) is 0.555. The Labute approximate surface area is 88.8 Å². The van der Waals surface area contributed by atoms with Gasteiger partial charge in [0, 0.05) is 0 Å². The predicted octanol–water partition coefficient (Wildman–Crippen LogP) is -0.153. The molecule has 0 aliphatic carbocycles. The van der Waals surface area contributed by atoms with Crippen molar-refractivity contribution in [2.24, 2.45) is 0 Å². The molecule has 7 heteroatoms. The molecule has 0 amide bonds.